The largest absolute Gasteiger partial charge is 0.429 e. The third kappa shape index (κ3) is 86.4. The zero-order valence-corrected chi connectivity index (χ0v) is 4.54. The summed E-state index contributed by atoms with van der Waals surface area (Å²) in [5, 5.41) is 0. The molecule has 0 saturated carbocycles. The molecule has 0 radical (unpaired) electrons. The monoisotopic (exact) mass is 162 g/mol. The summed E-state index contributed by atoms with van der Waals surface area (Å²) in [6, 6.07) is 0. The Balaban J connectivity index is 3.47. The van der Waals surface area contributed by atoms with Gasteiger partial charge in [0.15, 0.2) is 0 Å². The fraction of sp³-hybridized carbons (Fsp3) is 0. The smallest absolute Gasteiger partial charge is 0.313 e. The Labute approximate surface area is 36.3 Å². The van der Waals surface area contributed by atoms with E-state index in [9.17, 15) is 4.20 Å². The number of hydrogen-bond donors (Lipinski definition) is 1. The molecule has 0 saturated heterocycles. The van der Waals surface area contributed by atoms with E-state index in [4.69, 9.17) is 9.46 Å². The SMILES string of the molecule is O=P(O)(F)Br. The van der Waals surface area contributed by atoms with E-state index in [1.807, 2.05) is 15.5 Å². The fourth-order valence-electron chi connectivity index (χ4n) is 0. The van der Waals surface area contributed by atoms with Crippen molar-refractivity contribution in [3.63, 3.8) is 0 Å². The van der Waals surface area contributed by atoms with Crippen LogP contribution in [-0.2, 0) is 4.57 Å². The van der Waals surface area contributed by atoms with Crippen LogP contribution in [0.25, 0.3) is 0 Å². The molecule has 0 bridgehead atoms. The van der Waals surface area contributed by atoms with Crippen LogP contribution in [0.5, 0.6) is 0 Å². The van der Waals surface area contributed by atoms with Crippen molar-refractivity contribution in [3.8, 4) is 0 Å². The summed E-state index contributed by atoms with van der Waals surface area (Å²) in [4.78, 5) is 7.33. The molecule has 1 unspecified atom stereocenters. The van der Waals surface area contributed by atoms with Crippen LogP contribution < -0.4 is 0 Å². The van der Waals surface area contributed by atoms with E-state index in [0.717, 1.165) is 0 Å². The first-order valence-electron chi connectivity index (χ1n) is 0.721. The first kappa shape index (κ1) is 5.60. The highest BCUT2D eigenvalue weighted by Gasteiger charge is 2.04. The predicted octanol–water partition coefficient (Wildman–Crippen LogP) is 1.45. The maximum absolute atomic E-state index is 10.7. The minimum Gasteiger partial charge on any atom is -0.313 e. The highest BCUT2D eigenvalue weighted by molar-refractivity contribution is 9.39. The van der Waals surface area contributed by atoms with Crippen molar-refractivity contribution < 1.29 is 13.7 Å². The van der Waals surface area contributed by atoms with Gasteiger partial charge in [0, 0.05) is 0 Å². The maximum atomic E-state index is 10.7. The Morgan fingerprint density at radius 1 is 2.00 bits per heavy atom. The van der Waals surface area contributed by atoms with Crippen molar-refractivity contribution in [2.24, 2.45) is 0 Å². The van der Waals surface area contributed by atoms with E-state index in [1.54, 1.807) is 0 Å². The lowest BCUT2D eigenvalue weighted by atomic mass is 15.9. The van der Waals surface area contributed by atoms with E-state index in [-0.39, 0.29) is 0 Å². The summed E-state index contributed by atoms with van der Waals surface area (Å²) in [7, 11) is 0. The lowest BCUT2D eigenvalue weighted by Crippen LogP contribution is -1.41. The van der Waals surface area contributed by atoms with Gasteiger partial charge in [0.25, 0.3) is 0 Å². The molecule has 0 aliphatic rings. The molecule has 0 aromatic carbocycles. The molecular formula is HBrFO2P. The summed E-state index contributed by atoms with van der Waals surface area (Å²) in [6.45, 7) is 0. The second-order valence-electron chi connectivity index (χ2n) is 0.435. The fourth-order valence-corrected chi connectivity index (χ4v) is 0. The highest BCUT2D eigenvalue weighted by atomic mass is 79.9. The van der Waals surface area contributed by atoms with Crippen LogP contribution in [0.2, 0.25) is 0 Å². The first-order chi connectivity index (χ1) is 2.00. The van der Waals surface area contributed by atoms with Crippen molar-refractivity contribution in [2.75, 3.05) is 0 Å². The summed E-state index contributed by atoms with van der Waals surface area (Å²) in [5.74, 6) is 0. The Morgan fingerprint density at radius 3 is 2.00 bits per heavy atom. The summed E-state index contributed by atoms with van der Waals surface area (Å²) in [6.07, 6.45) is -4.33. The van der Waals surface area contributed by atoms with Gasteiger partial charge in [0.05, 0.1) is 15.5 Å². The van der Waals surface area contributed by atoms with Gasteiger partial charge in [-0.2, -0.15) is 0 Å². The molecule has 0 fully saturated rings. The Morgan fingerprint density at radius 2 is 2.00 bits per heavy atom. The van der Waals surface area contributed by atoms with E-state index in [0.29, 0.717) is 0 Å². The highest BCUT2D eigenvalue weighted by Crippen LogP contribution is 2.50. The summed E-state index contributed by atoms with van der Waals surface area (Å²) in [5.41, 5.74) is 0. The van der Waals surface area contributed by atoms with Crippen molar-refractivity contribution in [3.05, 3.63) is 0 Å². The van der Waals surface area contributed by atoms with Gasteiger partial charge < -0.3 is 4.89 Å². The quantitative estimate of drug-likeness (QED) is 0.548. The molecule has 5 heteroatoms. The van der Waals surface area contributed by atoms with Crippen molar-refractivity contribution in [2.45, 2.75) is 0 Å². The van der Waals surface area contributed by atoms with Gasteiger partial charge in [-0.05, 0) is 0 Å². The number of hydrogen-bond acceptors (Lipinski definition) is 1. The van der Waals surface area contributed by atoms with Crippen LogP contribution in [0.3, 0.4) is 0 Å². The van der Waals surface area contributed by atoms with Crippen LogP contribution in [0.1, 0.15) is 0 Å². The summed E-state index contributed by atoms with van der Waals surface area (Å²) >= 11 is 1.82. The van der Waals surface area contributed by atoms with Gasteiger partial charge in [0.1, 0.15) is 0 Å². The lowest BCUT2D eigenvalue weighted by Gasteiger charge is -1.76. The maximum Gasteiger partial charge on any atom is 0.429 e. The topological polar surface area (TPSA) is 37.3 Å². The average molecular weight is 163 g/mol. The van der Waals surface area contributed by atoms with Gasteiger partial charge in [-0.25, -0.2) is 4.57 Å². The molecule has 1 N–H and O–H groups in total. The molecule has 5 heavy (non-hydrogen) atoms. The zero-order valence-electron chi connectivity index (χ0n) is 2.06. The molecule has 32 valence electrons. The van der Waals surface area contributed by atoms with Gasteiger partial charge in [-0.15, -0.1) is 4.20 Å². The van der Waals surface area contributed by atoms with Gasteiger partial charge >= 0.3 is 6.38 Å². The lowest BCUT2D eigenvalue weighted by molar-refractivity contribution is 0.454. The second kappa shape index (κ2) is 1.37. The zero-order chi connectivity index (χ0) is 4.50. The Hall–Kier alpha value is 0.600. The second-order valence-corrected chi connectivity index (χ2v) is 3.93. The molecular weight excluding hydrogens is 162 g/mol. The minimum absolute atomic E-state index is 1.82. The molecule has 0 aromatic rings. The van der Waals surface area contributed by atoms with E-state index in [2.05, 4.69) is 0 Å². The molecule has 1 atom stereocenters. The molecule has 0 rings (SSSR count). The normalized spacial score (nSPS) is 21.4. The van der Waals surface area contributed by atoms with Gasteiger partial charge in [0.2, 0.25) is 0 Å². The minimum atomic E-state index is -4.33. The molecule has 0 aromatic heterocycles. The molecule has 0 amide bonds. The third-order valence-electron chi connectivity index (χ3n) is 0. The van der Waals surface area contributed by atoms with Crippen LogP contribution in [0.4, 0.5) is 4.20 Å². The van der Waals surface area contributed by atoms with E-state index < -0.39 is 6.38 Å². The molecule has 0 aliphatic heterocycles. The predicted molar refractivity (Wildman–Crippen MR) is 19.9 cm³/mol. The van der Waals surface area contributed by atoms with E-state index >= 15 is 0 Å². The van der Waals surface area contributed by atoms with Crippen LogP contribution >= 0.6 is 21.9 Å². The number of halogens is 2. The van der Waals surface area contributed by atoms with Crippen molar-refractivity contribution in [1.82, 2.24) is 0 Å². The van der Waals surface area contributed by atoms with Crippen LogP contribution in [-0.4, -0.2) is 4.89 Å². The Bertz CT molecular complexity index is 55.8. The molecule has 0 heterocycles. The number of rotatable bonds is 0. The average Bonchev–Trinajstić information content (AvgIpc) is 0.722. The van der Waals surface area contributed by atoms with E-state index in [1.165, 1.54) is 0 Å². The van der Waals surface area contributed by atoms with Gasteiger partial charge in [-0.1, -0.05) is 0 Å². The van der Waals surface area contributed by atoms with Crippen LogP contribution in [0.15, 0.2) is 0 Å². The summed E-state index contributed by atoms with van der Waals surface area (Å²) < 4.78 is 19.7. The third-order valence-corrected chi connectivity index (χ3v) is 0. The van der Waals surface area contributed by atoms with Crippen LogP contribution in [0, 0.1) is 0 Å². The first-order valence-corrected chi connectivity index (χ1v) is 4.29. The Kier molecular flexibility index (Phi) is 1.53. The molecule has 0 spiro atoms. The standard InChI is InChI=1S/BrFHO2P/c1-5(2,3)4/h(H,3,4). The molecule has 0 aliphatic carbocycles. The van der Waals surface area contributed by atoms with Crippen molar-refractivity contribution >= 4 is 21.9 Å². The van der Waals surface area contributed by atoms with Crippen molar-refractivity contribution in [1.29, 1.82) is 0 Å². The molecule has 2 nitrogen and oxygen atoms in total. The van der Waals surface area contributed by atoms with Gasteiger partial charge in [-0.3, -0.25) is 0 Å².